The number of fused-ring (bicyclic) bond motifs is 2. The predicted octanol–water partition coefficient (Wildman–Crippen LogP) is 3.15. The number of carbonyl (C=O) groups excluding carboxylic acids is 2. The van der Waals surface area contributed by atoms with Crippen molar-refractivity contribution < 1.29 is 9.59 Å². The van der Waals surface area contributed by atoms with E-state index in [-0.39, 0.29) is 24.7 Å². The Kier molecular flexibility index (Phi) is 3.42. The fourth-order valence-corrected chi connectivity index (χ4v) is 2.77. The van der Waals surface area contributed by atoms with Gasteiger partial charge in [-0.2, -0.15) is 0 Å². The molecule has 0 bridgehead atoms. The zero-order chi connectivity index (χ0) is 16.5. The van der Waals surface area contributed by atoms with Gasteiger partial charge in [-0.25, -0.2) is 9.97 Å². The summed E-state index contributed by atoms with van der Waals surface area (Å²) in [6, 6.07) is 14.8. The van der Waals surface area contributed by atoms with Gasteiger partial charge in [-0.05, 0) is 24.3 Å². The minimum atomic E-state index is -0.151. The predicted molar refractivity (Wildman–Crippen MR) is 90.0 cm³/mol. The minimum Gasteiger partial charge on any atom is -0.274 e. The number of aromatic nitrogens is 4. The van der Waals surface area contributed by atoms with E-state index >= 15 is 0 Å². The van der Waals surface area contributed by atoms with Gasteiger partial charge in [-0.1, -0.05) is 24.3 Å². The summed E-state index contributed by atoms with van der Waals surface area (Å²) in [4.78, 5) is 33.2. The summed E-state index contributed by atoms with van der Waals surface area (Å²) in [6.45, 7) is 0. The largest absolute Gasteiger partial charge is 0.274 e. The zero-order valence-corrected chi connectivity index (χ0v) is 12.8. The lowest BCUT2D eigenvalue weighted by atomic mass is 10.2. The number of benzene rings is 2. The van der Waals surface area contributed by atoms with Crippen LogP contribution in [0.5, 0.6) is 0 Å². The molecule has 0 spiro atoms. The first-order valence-electron chi connectivity index (χ1n) is 7.64. The van der Waals surface area contributed by atoms with E-state index in [1.165, 1.54) is 21.8 Å². The van der Waals surface area contributed by atoms with E-state index in [0.717, 1.165) is 22.1 Å². The smallest absolute Gasteiger partial charge is 0.232 e. The lowest BCUT2D eigenvalue weighted by Crippen LogP contribution is -2.15. The van der Waals surface area contributed by atoms with E-state index in [9.17, 15) is 9.59 Å². The molecule has 24 heavy (non-hydrogen) atoms. The number of hydrogen-bond acceptors (Lipinski definition) is 4. The standard InChI is InChI=1S/C18H14N4O2/c23-17(21-11-19-13-5-1-3-7-15(13)21)9-10-18(24)22-12-20-14-6-2-4-8-16(14)22/h1-8,11-12H,9-10H2. The highest BCUT2D eigenvalue weighted by Crippen LogP contribution is 2.15. The van der Waals surface area contributed by atoms with E-state index in [2.05, 4.69) is 9.97 Å². The molecule has 0 fully saturated rings. The first-order chi connectivity index (χ1) is 11.7. The van der Waals surface area contributed by atoms with Gasteiger partial charge in [0.15, 0.2) is 0 Å². The summed E-state index contributed by atoms with van der Waals surface area (Å²) in [5.41, 5.74) is 3.03. The van der Waals surface area contributed by atoms with Crippen molar-refractivity contribution >= 4 is 33.9 Å². The fourth-order valence-electron chi connectivity index (χ4n) is 2.77. The van der Waals surface area contributed by atoms with Gasteiger partial charge in [0.2, 0.25) is 11.8 Å². The Morgan fingerprint density at radius 2 is 1.12 bits per heavy atom. The van der Waals surface area contributed by atoms with Crippen LogP contribution in [0.25, 0.3) is 22.1 Å². The molecule has 0 amide bonds. The second-order valence-corrected chi connectivity index (χ2v) is 5.49. The molecule has 0 saturated heterocycles. The quantitative estimate of drug-likeness (QED) is 0.582. The van der Waals surface area contributed by atoms with Crippen LogP contribution < -0.4 is 0 Å². The highest BCUT2D eigenvalue weighted by molar-refractivity contribution is 5.94. The van der Waals surface area contributed by atoms with Crippen LogP contribution in [0.2, 0.25) is 0 Å². The molecule has 4 rings (SSSR count). The fraction of sp³-hybridized carbons (Fsp3) is 0.111. The van der Waals surface area contributed by atoms with Gasteiger partial charge in [0.25, 0.3) is 0 Å². The van der Waals surface area contributed by atoms with Crippen molar-refractivity contribution in [3.05, 3.63) is 61.2 Å². The van der Waals surface area contributed by atoms with Crippen molar-refractivity contribution in [1.29, 1.82) is 0 Å². The molecule has 0 atom stereocenters. The Morgan fingerprint density at radius 1 is 0.708 bits per heavy atom. The summed E-state index contributed by atoms with van der Waals surface area (Å²) in [6.07, 6.45) is 3.24. The number of rotatable bonds is 3. The maximum Gasteiger partial charge on any atom is 0.232 e. The molecule has 0 saturated carbocycles. The summed E-state index contributed by atoms with van der Waals surface area (Å²) in [5.74, 6) is -0.303. The SMILES string of the molecule is O=C(CCC(=O)n1cnc2ccccc21)n1cnc2ccccc21. The molecule has 4 aromatic rings. The van der Waals surface area contributed by atoms with Crippen LogP contribution in [0.4, 0.5) is 0 Å². The van der Waals surface area contributed by atoms with Crippen LogP contribution in [0.15, 0.2) is 61.2 Å². The zero-order valence-electron chi connectivity index (χ0n) is 12.8. The first-order valence-corrected chi connectivity index (χ1v) is 7.64. The molecule has 6 nitrogen and oxygen atoms in total. The van der Waals surface area contributed by atoms with E-state index in [1.807, 2.05) is 48.5 Å². The Bertz CT molecular complexity index is 975. The third kappa shape index (κ3) is 2.38. The lowest BCUT2D eigenvalue weighted by Gasteiger charge is -2.04. The molecule has 0 aliphatic heterocycles. The van der Waals surface area contributed by atoms with Gasteiger partial charge in [0, 0.05) is 12.8 Å². The number of carbonyl (C=O) groups is 2. The molecule has 6 heteroatoms. The van der Waals surface area contributed by atoms with Gasteiger partial charge >= 0.3 is 0 Å². The third-order valence-corrected chi connectivity index (χ3v) is 4.00. The van der Waals surface area contributed by atoms with Crippen molar-refractivity contribution in [2.24, 2.45) is 0 Å². The maximum atomic E-state index is 12.4. The highest BCUT2D eigenvalue weighted by Gasteiger charge is 2.14. The molecule has 0 unspecified atom stereocenters. The third-order valence-electron chi connectivity index (χ3n) is 4.00. The van der Waals surface area contributed by atoms with Crippen molar-refractivity contribution in [2.75, 3.05) is 0 Å². The monoisotopic (exact) mass is 318 g/mol. The summed E-state index contributed by atoms with van der Waals surface area (Å²) in [7, 11) is 0. The lowest BCUT2D eigenvalue weighted by molar-refractivity contribution is 0.0836. The average molecular weight is 318 g/mol. The second kappa shape index (κ2) is 5.73. The minimum absolute atomic E-state index is 0.117. The molecular formula is C18H14N4O2. The molecule has 2 heterocycles. The number of imidazole rings is 2. The van der Waals surface area contributed by atoms with Gasteiger partial charge in [-0.3, -0.25) is 18.7 Å². The molecule has 0 N–H and O–H groups in total. The Morgan fingerprint density at radius 3 is 1.58 bits per heavy atom. The van der Waals surface area contributed by atoms with Crippen LogP contribution in [0, 0.1) is 0 Å². The van der Waals surface area contributed by atoms with Crippen LogP contribution in [-0.2, 0) is 0 Å². The number of para-hydroxylation sites is 4. The van der Waals surface area contributed by atoms with Crippen molar-refractivity contribution in [2.45, 2.75) is 12.8 Å². The second-order valence-electron chi connectivity index (χ2n) is 5.49. The van der Waals surface area contributed by atoms with Crippen LogP contribution in [-0.4, -0.2) is 30.9 Å². The summed E-state index contributed by atoms with van der Waals surface area (Å²) in [5, 5.41) is 0. The van der Waals surface area contributed by atoms with Crippen LogP contribution in [0.3, 0.4) is 0 Å². The molecule has 0 radical (unpaired) electrons. The van der Waals surface area contributed by atoms with Gasteiger partial charge < -0.3 is 0 Å². The Labute approximate surface area is 137 Å². The van der Waals surface area contributed by atoms with E-state index in [4.69, 9.17) is 0 Å². The van der Waals surface area contributed by atoms with Crippen molar-refractivity contribution in [1.82, 2.24) is 19.1 Å². The van der Waals surface area contributed by atoms with Gasteiger partial charge in [0.05, 0.1) is 22.1 Å². The van der Waals surface area contributed by atoms with E-state index < -0.39 is 0 Å². The Hall–Kier alpha value is -3.28. The number of hydrogen-bond donors (Lipinski definition) is 0. The number of nitrogens with zero attached hydrogens (tertiary/aromatic N) is 4. The summed E-state index contributed by atoms with van der Waals surface area (Å²) < 4.78 is 2.99. The highest BCUT2D eigenvalue weighted by atomic mass is 16.2. The Balaban J connectivity index is 1.52. The van der Waals surface area contributed by atoms with E-state index in [0.29, 0.717) is 0 Å². The van der Waals surface area contributed by atoms with E-state index in [1.54, 1.807) is 0 Å². The molecule has 2 aromatic heterocycles. The summed E-state index contributed by atoms with van der Waals surface area (Å²) >= 11 is 0. The molecule has 0 aliphatic carbocycles. The molecule has 2 aromatic carbocycles. The van der Waals surface area contributed by atoms with Crippen LogP contribution >= 0.6 is 0 Å². The average Bonchev–Trinajstić information content (AvgIpc) is 3.23. The molecule has 118 valence electrons. The van der Waals surface area contributed by atoms with Crippen LogP contribution in [0.1, 0.15) is 22.4 Å². The van der Waals surface area contributed by atoms with Crippen molar-refractivity contribution in [3.63, 3.8) is 0 Å². The maximum absolute atomic E-state index is 12.4. The van der Waals surface area contributed by atoms with Crippen molar-refractivity contribution in [3.8, 4) is 0 Å². The molecule has 0 aliphatic rings. The topological polar surface area (TPSA) is 69.8 Å². The molecular weight excluding hydrogens is 304 g/mol. The van der Waals surface area contributed by atoms with Gasteiger partial charge in [0.1, 0.15) is 12.7 Å². The van der Waals surface area contributed by atoms with Gasteiger partial charge in [-0.15, -0.1) is 0 Å². The first kappa shape index (κ1) is 14.3. The normalized spacial score (nSPS) is 11.2.